The van der Waals surface area contributed by atoms with Gasteiger partial charge in [0.05, 0.1) is 5.69 Å². The van der Waals surface area contributed by atoms with E-state index in [0.717, 1.165) is 4.47 Å². The van der Waals surface area contributed by atoms with Crippen LogP contribution in [0.5, 0.6) is 0 Å². The average Bonchev–Trinajstić information content (AvgIpc) is 1.88. The van der Waals surface area contributed by atoms with Crippen LogP contribution < -0.4 is 11.1 Å². The van der Waals surface area contributed by atoms with Crippen LogP contribution in [-0.2, 0) is 0 Å². The first kappa shape index (κ1) is 7.50. The van der Waals surface area contributed by atoms with E-state index in [2.05, 4.69) is 21.4 Å². The van der Waals surface area contributed by atoms with E-state index >= 15 is 0 Å². The molecule has 0 unspecified atom stereocenters. The Labute approximate surface area is 66.5 Å². The first-order valence-electron chi connectivity index (χ1n) is 2.70. The van der Waals surface area contributed by atoms with E-state index in [1.807, 2.05) is 12.1 Å². The molecule has 1 aromatic rings. The highest BCUT2D eigenvalue weighted by atomic mass is 79.9. The lowest BCUT2D eigenvalue weighted by Crippen LogP contribution is -2.09. The molecule has 2 nitrogen and oxygen atoms in total. The lowest BCUT2D eigenvalue weighted by molar-refractivity contribution is 0.376. The molecule has 4 heteroatoms. The Morgan fingerprint density at radius 1 is 1.40 bits per heavy atom. The molecule has 0 spiro atoms. The van der Waals surface area contributed by atoms with Crippen LogP contribution in [0.15, 0.2) is 28.7 Å². The van der Waals surface area contributed by atoms with Crippen LogP contribution in [-0.4, -0.2) is 0 Å². The van der Waals surface area contributed by atoms with Crippen molar-refractivity contribution < 1.29 is 4.48 Å². The number of halogens is 2. The van der Waals surface area contributed by atoms with Gasteiger partial charge < -0.3 is 0 Å². The van der Waals surface area contributed by atoms with Gasteiger partial charge in [-0.25, -0.2) is 0 Å². The Hall–Kier alpha value is -0.610. The van der Waals surface area contributed by atoms with Crippen LogP contribution in [0.2, 0.25) is 0 Å². The third kappa shape index (κ3) is 1.97. The van der Waals surface area contributed by atoms with Gasteiger partial charge in [-0.3, -0.25) is 5.43 Å². The molecule has 0 atom stereocenters. The number of rotatable bonds is 2. The third-order valence-corrected chi connectivity index (χ3v) is 1.51. The van der Waals surface area contributed by atoms with Crippen LogP contribution in [0.1, 0.15) is 0 Å². The van der Waals surface area contributed by atoms with Crippen molar-refractivity contribution in [3.63, 3.8) is 0 Å². The van der Waals surface area contributed by atoms with E-state index in [9.17, 15) is 4.48 Å². The summed E-state index contributed by atoms with van der Waals surface area (Å²) in [7, 11) is 0. The predicted molar refractivity (Wildman–Crippen MR) is 42.0 cm³/mol. The second kappa shape index (κ2) is 3.53. The largest absolute Gasteiger partial charge is 0.295 e. The molecule has 0 amide bonds. The van der Waals surface area contributed by atoms with Gasteiger partial charge in [0.15, 0.2) is 0 Å². The summed E-state index contributed by atoms with van der Waals surface area (Å²) in [4.78, 5) is 0. The van der Waals surface area contributed by atoms with Crippen LogP contribution in [0.4, 0.5) is 10.2 Å². The molecule has 0 bridgehead atoms. The van der Waals surface area contributed by atoms with Crippen LogP contribution in [0, 0.1) is 0 Å². The Kier molecular flexibility index (Phi) is 2.65. The average molecular weight is 205 g/mol. The zero-order valence-electron chi connectivity index (χ0n) is 5.07. The molecule has 0 aromatic heterocycles. The van der Waals surface area contributed by atoms with Crippen LogP contribution in [0.3, 0.4) is 0 Å². The first-order chi connectivity index (χ1) is 4.83. The minimum absolute atomic E-state index is 0.678. The van der Waals surface area contributed by atoms with Gasteiger partial charge in [-0.15, -0.1) is 4.48 Å². The Bertz CT molecular complexity index is 217. The van der Waals surface area contributed by atoms with Gasteiger partial charge in [0.25, 0.3) is 0 Å². The molecule has 0 saturated carbocycles. The highest BCUT2D eigenvalue weighted by Crippen LogP contribution is 2.14. The van der Waals surface area contributed by atoms with Crippen molar-refractivity contribution in [2.75, 3.05) is 5.43 Å². The van der Waals surface area contributed by atoms with Gasteiger partial charge in [0.2, 0.25) is 0 Å². The van der Waals surface area contributed by atoms with Crippen molar-refractivity contribution in [1.29, 1.82) is 0 Å². The standard InChI is InChI=1S/C6H6BrFN2/c7-5-2-1-3-6(4-5)9-10-8/h1-4,9-10H. The number of nitrogens with one attached hydrogen (secondary N) is 2. The Balaban J connectivity index is 2.75. The van der Waals surface area contributed by atoms with Crippen molar-refractivity contribution in [2.45, 2.75) is 0 Å². The van der Waals surface area contributed by atoms with E-state index in [4.69, 9.17) is 0 Å². The topological polar surface area (TPSA) is 24.1 Å². The summed E-state index contributed by atoms with van der Waals surface area (Å²) in [5, 5.41) is 0. The summed E-state index contributed by atoms with van der Waals surface area (Å²) < 4.78 is 12.3. The maximum atomic E-state index is 11.4. The molecule has 0 saturated heterocycles. The minimum Gasteiger partial charge on any atom is -0.295 e. The summed E-state index contributed by atoms with van der Waals surface area (Å²) >= 11 is 3.24. The van der Waals surface area contributed by atoms with Crippen molar-refractivity contribution in [1.82, 2.24) is 5.65 Å². The summed E-state index contributed by atoms with van der Waals surface area (Å²) in [5.41, 5.74) is 4.32. The van der Waals surface area contributed by atoms with E-state index < -0.39 is 0 Å². The molecular formula is C6H6BrFN2. The van der Waals surface area contributed by atoms with Crippen LogP contribution in [0.25, 0.3) is 0 Å². The van der Waals surface area contributed by atoms with Gasteiger partial charge in [-0.1, -0.05) is 27.6 Å². The second-order valence-corrected chi connectivity index (χ2v) is 2.65. The number of hydrazine groups is 1. The first-order valence-corrected chi connectivity index (χ1v) is 3.49. The quantitative estimate of drug-likeness (QED) is 0.571. The molecule has 10 heavy (non-hydrogen) atoms. The zero-order chi connectivity index (χ0) is 7.40. The Morgan fingerprint density at radius 2 is 2.20 bits per heavy atom. The summed E-state index contributed by atoms with van der Waals surface area (Å²) in [6, 6.07) is 7.18. The molecule has 0 fully saturated rings. The monoisotopic (exact) mass is 204 g/mol. The van der Waals surface area contributed by atoms with Gasteiger partial charge in [0, 0.05) is 4.47 Å². The highest BCUT2D eigenvalue weighted by Gasteiger charge is 1.89. The van der Waals surface area contributed by atoms with Crippen molar-refractivity contribution >= 4 is 21.6 Å². The lowest BCUT2D eigenvalue weighted by Gasteiger charge is -1.99. The van der Waals surface area contributed by atoms with Crippen molar-refractivity contribution in [3.8, 4) is 0 Å². The molecule has 1 aromatic carbocycles. The van der Waals surface area contributed by atoms with Crippen molar-refractivity contribution in [2.24, 2.45) is 0 Å². The predicted octanol–water partition coefficient (Wildman–Crippen LogP) is 2.25. The Morgan fingerprint density at radius 3 is 2.80 bits per heavy atom. The number of benzene rings is 1. The maximum Gasteiger partial charge on any atom is 0.0523 e. The van der Waals surface area contributed by atoms with E-state index in [-0.39, 0.29) is 0 Å². The van der Waals surface area contributed by atoms with E-state index in [0.29, 0.717) is 5.69 Å². The second-order valence-electron chi connectivity index (χ2n) is 1.73. The molecular weight excluding hydrogens is 199 g/mol. The molecule has 2 N–H and O–H groups in total. The minimum atomic E-state index is 0.678. The molecule has 0 heterocycles. The maximum absolute atomic E-state index is 11.4. The third-order valence-electron chi connectivity index (χ3n) is 1.02. The van der Waals surface area contributed by atoms with Crippen molar-refractivity contribution in [3.05, 3.63) is 28.7 Å². The molecule has 0 aliphatic carbocycles. The number of hydrogen-bond acceptors (Lipinski definition) is 2. The summed E-state index contributed by atoms with van der Waals surface area (Å²) in [6.07, 6.45) is 0. The zero-order valence-corrected chi connectivity index (χ0v) is 6.65. The summed E-state index contributed by atoms with van der Waals surface area (Å²) in [5.74, 6) is 0. The number of anilines is 1. The molecule has 0 aliphatic heterocycles. The van der Waals surface area contributed by atoms with Gasteiger partial charge in [-0.2, -0.15) is 0 Å². The fourth-order valence-corrected chi connectivity index (χ4v) is 1.02. The SMILES string of the molecule is FNNc1cccc(Br)c1. The smallest absolute Gasteiger partial charge is 0.0523 e. The molecule has 0 radical (unpaired) electrons. The van der Waals surface area contributed by atoms with E-state index in [1.165, 1.54) is 5.65 Å². The molecule has 1 rings (SSSR count). The van der Waals surface area contributed by atoms with Gasteiger partial charge in [0.1, 0.15) is 0 Å². The normalized spacial score (nSPS) is 9.40. The van der Waals surface area contributed by atoms with Crippen LogP contribution >= 0.6 is 15.9 Å². The molecule has 0 aliphatic rings. The van der Waals surface area contributed by atoms with E-state index in [1.54, 1.807) is 12.1 Å². The highest BCUT2D eigenvalue weighted by molar-refractivity contribution is 9.10. The van der Waals surface area contributed by atoms with Gasteiger partial charge in [-0.05, 0) is 18.2 Å². The number of hydrogen-bond donors (Lipinski definition) is 2. The fourth-order valence-electron chi connectivity index (χ4n) is 0.621. The summed E-state index contributed by atoms with van der Waals surface area (Å²) in [6.45, 7) is 0. The fraction of sp³-hybridized carbons (Fsp3) is 0. The van der Waals surface area contributed by atoms with Gasteiger partial charge >= 0.3 is 0 Å². The molecule has 54 valence electrons. The lowest BCUT2D eigenvalue weighted by atomic mass is 10.3.